The average Bonchev–Trinajstić information content (AvgIpc) is 3.33. The number of carbonyl (C=O) groups is 2. The van der Waals surface area contributed by atoms with Crippen LogP contribution >= 0.6 is 11.6 Å². The molecule has 1 aromatic carbocycles. The lowest BCUT2D eigenvalue weighted by atomic mass is 10.1. The van der Waals surface area contributed by atoms with Crippen LogP contribution in [0.15, 0.2) is 47.8 Å². The summed E-state index contributed by atoms with van der Waals surface area (Å²) in [6.45, 7) is 3.68. The van der Waals surface area contributed by atoms with Gasteiger partial charge in [0.1, 0.15) is 17.9 Å². The fourth-order valence-corrected chi connectivity index (χ4v) is 5.43. The van der Waals surface area contributed by atoms with E-state index in [1.807, 2.05) is 13.8 Å². The first-order chi connectivity index (χ1) is 19.1. The number of carbonyl (C=O) groups excluding carboxylic acids is 2. The molecule has 0 N–H and O–H groups in total. The van der Waals surface area contributed by atoms with Gasteiger partial charge in [0.15, 0.2) is 5.65 Å². The Morgan fingerprint density at radius 1 is 1.10 bits per heavy atom. The molecule has 0 fully saturated rings. The monoisotopic (exact) mass is 585 g/mol. The Morgan fingerprint density at radius 2 is 1.88 bits per heavy atom. The van der Waals surface area contributed by atoms with Crippen molar-refractivity contribution in [3.63, 3.8) is 0 Å². The van der Waals surface area contributed by atoms with Crippen LogP contribution in [0.2, 0.25) is 5.02 Å². The molecular weight excluding hydrogens is 558 g/mol. The van der Waals surface area contributed by atoms with Crippen molar-refractivity contribution in [2.75, 3.05) is 34.4 Å². The normalized spacial score (nSPS) is 11.8. The van der Waals surface area contributed by atoms with Crippen LogP contribution in [0.1, 0.15) is 27.2 Å². The predicted octanol–water partition coefficient (Wildman–Crippen LogP) is 4.18. The van der Waals surface area contributed by atoms with Gasteiger partial charge in [-0.3, -0.25) is 9.19 Å². The molecule has 13 heteroatoms. The number of esters is 1. The van der Waals surface area contributed by atoms with E-state index in [1.165, 1.54) is 29.7 Å². The van der Waals surface area contributed by atoms with Crippen LogP contribution in [0.4, 0.5) is 4.79 Å². The van der Waals surface area contributed by atoms with E-state index in [0.717, 1.165) is 11.1 Å². The summed E-state index contributed by atoms with van der Waals surface area (Å²) in [4.78, 5) is 40.6. The largest absolute Gasteiger partial charge is 0.496 e. The standard InChI is InChI=1S/C27H28ClN5O6S/c1-16-14-29-21(17(2)23(16)38-5)15-40(36)26-30-20-9-10-22(37-4)31-24(20)33(26)27(35)32(3)11-12-39-25(34)18-7-6-8-19(28)13-18/h6-10,13-14H,11-12,15H2,1-5H3. The number of hydrogen-bond donors (Lipinski definition) is 0. The van der Waals surface area contributed by atoms with E-state index >= 15 is 0 Å². The first kappa shape index (κ1) is 29.0. The Balaban J connectivity index is 1.60. The number of halogens is 1. The third-order valence-electron chi connectivity index (χ3n) is 6.12. The van der Waals surface area contributed by atoms with Crippen LogP contribution in [0.3, 0.4) is 0 Å². The van der Waals surface area contributed by atoms with Gasteiger partial charge in [0.2, 0.25) is 11.0 Å². The molecule has 0 saturated carbocycles. The number of aryl methyl sites for hydroxylation is 1. The highest BCUT2D eigenvalue weighted by Crippen LogP contribution is 2.27. The highest BCUT2D eigenvalue weighted by atomic mass is 35.5. The molecule has 0 bridgehead atoms. The minimum atomic E-state index is -1.78. The number of nitrogens with zero attached hydrogens (tertiary/aromatic N) is 5. The van der Waals surface area contributed by atoms with Crippen molar-refractivity contribution in [1.82, 2.24) is 24.4 Å². The quantitative estimate of drug-likeness (QED) is 0.266. The van der Waals surface area contributed by atoms with Crippen LogP contribution in [0.5, 0.6) is 11.6 Å². The van der Waals surface area contributed by atoms with E-state index < -0.39 is 22.8 Å². The van der Waals surface area contributed by atoms with E-state index in [1.54, 1.807) is 43.6 Å². The summed E-state index contributed by atoms with van der Waals surface area (Å²) in [5.41, 5.74) is 3.01. The summed E-state index contributed by atoms with van der Waals surface area (Å²) in [6.07, 6.45) is 1.65. The maximum absolute atomic E-state index is 13.6. The van der Waals surface area contributed by atoms with Crippen molar-refractivity contribution in [3.8, 4) is 11.6 Å². The Hall–Kier alpha value is -4.03. The smallest absolute Gasteiger partial charge is 0.338 e. The molecule has 40 heavy (non-hydrogen) atoms. The summed E-state index contributed by atoms with van der Waals surface area (Å²) >= 11 is 5.94. The second-order valence-electron chi connectivity index (χ2n) is 8.81. The van der Waals surface area contributed by atoms with Crippen molar-refractivity contribution in [1.29, 1.82) is 0 Å². The topological polar surface area (TPSA) is 126 Å². The molecule has 0 spiro atoms. The molecule has 1 unspecified atom stereocenters. The van der Waals surface area contributed by atoms with Crippen molar-refractivity contribution in [2.24, 2.45) is 0 Å². The maximum atomic E-state index is 13.6. The number of hydrogen-bond acceptors (Lipinski definition) is 9. The number of ether oxygens (including phenoxy) is 3. The van der Waals surface area contributed by atoms with Crippen molar-refractivity contribution < 1.29 is 28.0 Å². The van der Waals surface area contributed by atoms with Crippen molar-refractivity contribution >= 4 is 45.6 Å². The number of benzene rings is 1. The number of methoxy groups -OCH3 is 2. The average molecular weight is 586 g/mol. The second kappa shape index (κ2) is 12.4. The van der Waals surface area contributed by atoms with Gasteiger partial charge >= 0.3 is 12.0 Å². The highest BCUT2D eigenvalue weighted by Gasteiger charge is 2.26. The summed E-state index contributed by atoms with van der Waals surface area (Å²) in [5.74, 6) is 0.348. The van der Waals surface area contributed by atoms with E-state index in [4.69, 9.17) is 25.8 Å². The molecule has 1 amide bonds. The maximum Gasteiger partial charge on any atom is 0.338 e. The van der Waals surface area contributed by atoms with Crippen LogP contribution < -0.4 is 9.47 Å². The van der Waals surface area contributed by atoms with Gasteiger partial charge in [-0.25, -0.2) is 19.1 Å². The van der Waals surface area contributed by atoms with Crippen molar-refractivity contribution in [3.05, 3.63) is 70.0 Å². The fourth-order valence-electron chi connectivity index (χ4n) is 4.00. The van der Waals surface area contributed by atoms with E-state index in [2.05, 4.69) is 15.0 Å². The van der Waals surface area contributed by atoms with Gasteiger partial charge in [-0.15, -0.1) is 0 Å². The number of imidazole rings is 1. The van der Waals surface area contributed by atoms with Crippen LogP contribution in [-0.4, -0.2) is 75.0 Å². The molecule has 0 saturated heterocycles. The minimum Gasteiger partial charge on any atom is -0.496 e. The van der Waals surface area contributed by atoms with Crippen molar-refractivity contribution in [2.45, 2.75) is 24.8 Å². The van der Waals surface area contributed by atoms with Gasteiger partial charge < -0.3 is 19.1 Å². The Bertz CT molecular complexity index is 1610. The Kier molecular flexibility index (Phi) is 9.00. The zero-order valence-corrected chi connectivity index (χ0v) is 24.2. The summed E-state index contributed by atoms with van der Waals surface area (Å²) in [6, 6.07) is 9.06. The third kappa shape index (κ3) is 6.07. The summed E-state index contributed by atoms with van der Waals surface area (Å²) < 4.78 is 30.9. The number of amides is 1. The molecule has 3 aromatic heterocycles. The fraction of sp³-hybridized carbons (Fsp3) is 0.296. The van der Waals surface area contributed by atoms with Crippen LogP contribution in [0.25, 0.3) is 11.2 Å². The van der Waals surface area contributed by atoms with Gasteiger partial charge in [0.25, 0.3) is 0 Å². The van der Waals surface area contributed by atoms with Gasteiger partial charge in [0.05, 0.1) is 48.6 Å². The Morgan fingerprint density at radius 3 is 2.58 bits per heavy atom. The summed E-state index contributed by atoms with van der Waals surface area (Å²) in [7, 11) is 2.77. The minimum absolute atomic E-state index is 0.00280. The molecule has 0 aliphatic rings. The molecule has 0 aliphatic carbocycles. The molecule has 4 rings (SSSR count). The Labute approximate surface area is 238 Å². The second-order valence-corrected chi connectivity index (χ2v) is 10.6. The molecule has 0 aliphatic heterocycles. The van der Waals surface area contributed by atoms with Crippen LogP contribution in [-0.2, 0) is 21.3 Å². The van der Waals surface area contributed by atoms with E-state index in [-0.39, 0.29) is 35.6 Å². The number of pyridine rings is 2. The first-order valence-corrected chi connectivity index (χ1v) is 13.8. The third-order valence-corrected chi connectivity index (χ3v) is 7.57. The number of likely N-dealkylation sites (N-methyl/N-ethyl adjacent to an activating group) is 1. The zero-order valence-electron chi connectivity index (χ0n) is 22.6. The molecule has 3 heterocycles. The van der Waals surface area contributed by atoms with E-state index in [0.29, 0.717) is 27.5 Å². The molecule has 1 atom stereocenters. The van der Waals surface area contributed by atoms with E-state index in [9.17, 15) is 13.8 Å². The number of fused-ring (bicyclic) bond motifs is 1. The predicted molar refractivity (Wildman–Crippen MR) is 150 cm³/mol. The SMILES string of the molecule is COc1ccc2nc(S(=O)Cc3ncc(C)c(OC)c3C)n(C(=O)N(C)CCOC(=O)c3cccc(Cl)c3)c2n1. The van der Waals surface area contributed by atoms with Gasteiger partial charge in [-0.1, -0.05) is 17.7 Å². The highest BCUT2D eigenvalue weighted by molar-refractivity contribution is 7.84. The summed E-state index contributed by atoms with van der Waals surface area (Å²) in [5, 5.41) is 0.413. The molecular formula is C27H28ClN5O6S. The van der Waals surface area contributed by atoms with Gasteiger partial charge in [-0.2, -0.15) is 4.98 Å². The zero-order chi connectivity index (χ0) is 29.0. The molecule has 0 radical (unpaired) electrons. The lowest BCUT2D eigenvalue weighted by molar-refractivity contribution is 0.0482. The molecule has 210 valence electrons. The lowest BCUT2D eigenvalue weighted by Gasteiger charge is -2.19. The molecule has 4 aromatic rings. The lowest BCUT2D eigenvalue weighted by Crippen LogP contribution is -2.35. The van der Waals surface area contributed by atoms with Gasteiger partial charge in [-0.05, 0) is 38.1 Å². The van der Waals surface area contributed by atoms with Crippen LogP contribution in [0, 0.1) is 13.8 Å². The molecule has 11 nitrogen and oxygen atoms in total. The number of rotatable bonds is 9. The van der Waals surface area contributed by atoms with Gasteiger partial charge in [0, 0.05) is 35.5 Å². The number of aromatic nitrogens is 4. The first-order valence-electron chi connectivity index (χ1n) is 12.1.